The monoisotopic (exact) mass is 276 g/mol. The lowest BCUT2D eigenvalue weighted by Gasteiger charge is -2.10. The summed E-state index contributed by atoms with van der Waals surface area (Å²) in [5.41, 5.74) is 7.39. The second kappa shape index (κ2) is 5.69. The van der Waals surface area contributed by atoms with Gasteiger partial charge in [0.1, 0.15) is 11.6 Å². The largest absolute Gasteiger partial charge is 0.398 e. The van der Waals surface area contributed by atoms with Gasteiger partial charge < -0.3 is 11.1 Å². The second-order valence-corrected chi connectivity index (χ2v) is 4.45. The first-order valence-corrected chi connectivity index (χ1v) is 6.06. The summed E-state index contributed by atoms with van der Waals surface area (Å²) < 4.78 is 26.4. The van der Waals surface area contributed by atoms with Gasteiger partial charge in [-0.25, -0.2) is 8.78 Å². The molecule has 0 aliphatic carbocycles. The van der Waals surface area contributed by atoms with E-state index in [-0.39, 0.29) is 12.1 Å². The van der Waals surface area contributed by atoms with E-state index in [1.54, 1.807) is 25.1 Å². The first kappa shape index (κ1) is 14.0. The minimum absolute atomic E-state index is 0.0876. The minimum atomic E-state index is -0.566. The van der Waals surface area contributed by atoms with Crippen LogP contribution in [0.1, 0.15) is 21.5 Å². The number of para-hydroxylation sites is 1. The summed E-state index contributed by atoms with van der Waals surface area (Å²) in [4.78, 5) is 12.0. The van der Waals surface area contributed by atoms with E-state index in [0.717, 1.165) is 23.8 Å². The molecule has 0 saturated heterocycles. The number of carbonyl (C=O) groups is 1. The Kier molecular flexibility index (Phi) is 3.98. The highest BCUT2D eigenvalue weighted by molar-refractivity contribution is 5.99. The summed E-state index contributed by atoms with van der Waals surface area (Å²) in [7, 11) is 0. The topological polar surface area (TPSA) is 55.1 Å². The van der Waals surface area contributed by atoms with Crippen LogP contribution in [0.25, 0.3) is 0 Å². The molecule has 2 aromatic carbocycles. The van der Waals surface area contributed by atoms with Crippen LogP contribution in [0, 0.1) is 18.6 Å². The maximum Gasteiger partial charge on any atom is 0.253 e. The van der Waals surface area contributed by atoms with Gasteiger partial charge in [0.25, 0.3) is 5.91 Å². The Morgan fingerprint density at radius 1 is 1.25 bits per heavy atom. The third-order valence-corrected chi connectivity index (χ3v) is 3.02. The Morgan fingerprint density at radius 2 is 2.00 bits per heavy atom. The maximum absolute atomic E-state index is 13.4. The normalized spacial score (nSPS) is 10.3. The van der Waals surface area contributed by atoms with Gasteiger partial charge in [-0.2, -0.15) is 0 Å². The molecule has 0 atom stereocenters. The van der Waals surface area contributed by atoms with E-state index in [9.17, 15) is 13.6 Å². The summed E-state index contributed by atoms with van der Waals surface area (Å²) in [6, 6.07) is 8.19. The quantitative estimate of drug-likeness (QED) is 0.847. The molecule has 3 nitrogen and oxygen atoms in total. The van der Waals surface area contributed by atoms with E-state index < -0.39 is 17.5 Å². The fourth-order valence-electron chi connectivity index (χ4n) is 1.83. The zero-order valence-electron chi connectivity index (χ0n) is 10.9. The van der Waals surface area contributed by atoms with Gasteiger partial charge in [-0.1, -0.05) is 12.1 Å². The van der Waals surface area contributed by atoms with Crippen LogP contribution in [-0.4, -0.2) is 5.91 Å². The van der Waals surface area contributed by atoms with Gasteiger partial charge in [-0.05, 0) is 36.8 Å². The molecule has 0 radical (unpaired) electrons. The molecule has 0 aliphatic heterocycles. The molecule has 0 unspecified atom stereocenters. The van der Waals surface area contributed by atoms with Gasteiger partial charge in [0.2, 0.25) is 0 Å². The van der Waals surface area contributed by atoms with Crippen LogP contribution in [0.5, 0.6) is 0 Å². The third kappa shape index (κ3) is 2.93. The molecular weight excluding hydrogens is 262 g/mol. The highest BCUT2D eigenvalue weighted by Crippen LogP contribution is 2.16. The molecule has 1 amide bonds. The third-order valence-electron chi connectivity index (χ3n) is 3.02. The summed E-state index contributed by atoms with van der Waals surface area (Å²) >= 11 is 0. The van der Waals surface area contributed by atoms with Gasteiger partial charge in [0, 0.05) is 17.8 Å². The predicted molar refractivity (Wildman–Crippen MR) is 73.1 cm³/mol. The van der Waals surface area contributed by atoms with Crippen LogP contribution in [0.4, 0.5) is 14.5 Å². The summed E-state index contributed by atoms with van der Waals surface area (Å²) in [5, 5.41) is 2.53. The predicted octanol–water partition coefficient (Wildman–Crippen LogP) is 2.79. The molecule has 2 aromatic rings. The average molecular weight is 276 g/mol. The Labute approximate surface area is 115 Å². The number of hydrogen-bond acceptors (Lipinski definition) is 2. The van der Waals surface area contributed by atoms with Crippen molar-refractivity contribution in [3.05, 3.63) is 64.7 Å². The number of hydrogen-bond donors (Lipinski definition) is 2. The number of amides is 1. The van der Waals surface area contributed by atoms with Crippen molar-refractivity contribution in [3.63, 3.8) is 0 Å². The van der Waals surface area contributed by atoms with Crippen LogP contribution < -0.4 is 11.1 Å². The van der Waals surface area contributed by atoms with E-state index >= 15 is 0 Å². The number of rotatable bonds is 3. The Balaban J connectivity index is 2.13. The van der Waals surface area contributed by atoms with Crippen LogP contribution in [0.3, 0.4) is 0 Å². The zero-order chi connectivity index (χ0) is 14.7. The molecule has 0 fully saturated rings. The molecule has 5 heteroatoms. The second-order valence-electron chi connectivity index (χ2n) is 4.45. The van der Waals surface area contributed by atoms with Crippen molar-refractivity contribution in [2.24, 2.45) is 0 Å². The fourth-order valence-corrected chi connectivity index (χ4v) is 1.83. The minimum Gasteiger partial charge on any atom is -0.398 e. The molecule has 0 saturated carbocycles. The lowest BCUT2D eigenvalue weighted by atomic mass is 10.1. The van der Waals surface area contributed by atoms with Gasteiger partial charge in [-0.3, -0.25) is 4.79 Å². The van der Waals surface area contributed by atoms with E-state index in [0.29, 0.717) is 11.3 Å². The van der Waals surface area contributed by atoms with Crippen molar-refractivity contribution < 1.29 is 13.6 Å². The van der Waals surface area contributed by atoms with Crippen molar-refractivity contribution in [2.75, 3.05) is 5.73 Å². The molecule has 0 spiro atoms. The van der Waals surface area contributed by atoms with Crippen molar-refractivity contribution in [1.82, 2.24) is 5.32 Å². The lowest BCUT2D eigenvalue weighted by molar-refractivity contribution is 0.0951. The van der Waals surface area contributed by atoms with Gasteiger partial charge in [0.15, 0.2) is 0 Å². The van der Waals surface area contributed by atoms with E-state index in [1.165, 1.54) is 0 Å². The van der Waals surface area contributed by atoms with Crippen LogP contribution in [0.2, 0.25) is 0 Å². The number of nitrogens with one attached hydrogen (secondary N) is 1. The average Bonchev–Trinajstić information content (AvgIpc) is 2.42. The molecule has 3 N–H and O–H groups in total. The zero-order valence-corrected chi connectivity index (χ0v) is 10.9. The van der Waals surface area contributed by atoms with Crippen LogP contribution in [0.15, 0.2) is 36.4 Å². The summed E-state index contributed by atoms with van der Waals surface area (Å²) in [6.07, 6.45) is 0. The number of aryl methyl sites for hydroxylation is 1. The van der Waals surface area contributed by atoms with Crippen molar-refractivity contribution in [3.8, 4) is 0 Å². The molecule has 2 rings (SSSR count). The van der Waals surface area contributed by atoms with Crippen LogP contribution in [-0.2, 0) is 6.54 Å². The fraction of sp³-hybridized carbons (Fsp3) is 0.133. The number of benzene rings is 2. The highest BCUT2D eigenvalue weighted by atomic mass is 19.1. The van der Waals surface area contributed by atoms with E-state index in [4.69, 9.17) is 5.73 Å². The number of anilines is 1. The Hall–Kier alpha value is -2.43. The number of nitrogens with two attached hydrogens (primary N) is 1. The molecule has 0 aromatic heterocycles. The Bertz CT molecular complexity index is 656. The SMILES string of the molecule is Cc1cccc(C(=O)NCc2cc(F)ccc2F)c1N. The maximum atomic E-state index is 13.4. The Morgan fingerprint density at radius 3 is 2.75 bits per heavy atom. The molecule has 20 heavy (non-hydrogen) atoms. The molecule has 0 heterocycles. The van der Waals surface area contributed by atoms with Crippen molar-refractivity contribution in [2.45, 2.75) is 13.5 Å². The molecule has 0 aliphatic rings. The molecule has 104 valence electrons. The number of carbonyl (C=O) groups excluding carboxylic acids is 1. The first-order chi connectivity index (χ1) is 9.49. The standard InChI is InChI=1S/C15H14F2N2O/c1-9-3-2-4-12(14(9)18)15(20)19-8-10-7-11(16)5-6-13(10)17/h2-7H,8,18H2,1H3,(H,19,20). The van der Waals surface area contributed by atoms with E-state index in [1.807, 2.05) is 0 Å². The molecule has 0 bridgehead atoms. The highest BCUT2D eigenvalue weighted by Gasteiger charge is 2.12. The van der Waals surface area contributed by atoms with Gasteiger partial charge >= 0.3 is 0 Å². The van der Waals surface area contributed by atoms with Gasteiger partial charge in [0.05, 0.1) is 5.56 Å². The smallest absolute Gasteiger partial charge is 0.253 e. The number of nitrogen functional groups attached to an aromatic ring is 1. The summed E-state index contributed by atoms with van der Waals surface area (Å²) in [6.45, 7) is 1.69. The lowest BCUT2D eigenvalue weighted by Crippen LogP contribution is -2.24. The molecular formula is C15H14F2N2O. The van der Waals surface area contributed by atoms with Crippen molar-refractivity contribution >= 4 is 11.6 Å². The first-order valence-electron chi connectivity index (χ1n) is 6.06. The van der Waals surface area contributed by atoms with E-state index in [2.05, 4.69) is 5.32 Å². The van der Waals surface area contributed by atoms with Gasteiger partial charge in [-0.15, -0.1) is 0 Å². The number of halogens is 2. The van der Waals surface area contributed by atoms with Crippen molar-refractivity contribution in [1.29, 1.82) is 0 Å². The summed E-state index contributed by atoms with van der Waals surface area (Å²) in [5.74, 6) is -1.54. The van der Waals surface area contributed by atoms with Crippen LogP contribution >= 0.6 is 0 Å².